The largest absolute Gasteiger partial charge is 0.504 e. The summed E-state index contributed by atoms with van der Waals surface area (Å²) in [6.07, 6.45) is -0.292. The molecule has 7 heteroatoms. The standard InChI is InChI=1S/C22H28O7/c1-10-7-12-8-15(26-3)21(28-5)19(25)16(12)17-13(18(24)11(10)2)9-14(23)20(27-4)22(17)29-6/h8-11,18,23-25H,7H2,1-6H3. The van der Waals surface area contributed by atoms with Gasteiger partial charge in [-0.1, -0.05) is 13.8 Å². The van der Waals surface area contributed by atoms with Crippen LogP contribution in [0.5, 0.6) is 34.5 Å². The van der Waals surface area contributed by atoms with Crippen molar-refractivity contribution in [2.75, 3.05) is 28.4 Å². The van der Waals surface area contributed by atoms with Gasteiger partial charge in [-0.25, -0.2) is 0 Å². The van der Waals surface area contributed by atoms with Gasteiger partial charge in [0.1, 0.15) is 0 Å². The number of aliphatic hydroxyl groups excluding tert-OH is 1. The van der Waals surface area contributed by atoms with Crippen LogP contribution in [0.2, 0.25) is 0 Å². The van der Waals surface area contributed by atoms with Gasteiger partial charge >= 0.3 is 0 Å². The summed E-state index contributed by atoms with van der Waals surface area (Å²) in [7, 11) is 5.83. The second kappa shape index (κ2) is 7.91. The Morgan fingerprint density at radius 3 is 2.00 bits per heavy atom. The minimum Gasteiger partial charge on any atom is -0.504 e. The van der Waals surface area contributed by atoms with E-state index in [1.165, 1.54) is 34.5 Å². The van der Waals surface area contributed by atoms with Crippen molar-refractivity contribution in [1.82, 2.24) is 0 Å². The van der Waals surface area contributed by atoms with Gasteiger partial charge in [-0.15, -0.1) is 0 Å². The number of phenols is 2. The lowest BCUT2D eigenvalue weighted by Gasteiger charge is -2.33. The highest BCUT2D eigenvalue weighted by Gasteiger charge is 2.36. The molecule has 0 radical (unpaired) electrons. The van der Waals surface area contributed by atoms with Crippen molar-refractivity contribution in [2.45, 2.75) is 26.4 Å². The SMILES string of the molecule is COc1cc2c(c(O)c1OC)-c1c(cc(O)c(OC)c1OC)C(O)C(C)C(C)C2. The molecule has 0 heterocycles. The first-order chi connectivity index (χ1) is 13.8. The molecule has 0 aliphatic heterocycles. The highest BCUT2D eigenvalue weighted by molar-refractivity contribution is 5.88. The molecule has 0 spiro atoms. The minimum absolute atomic E-state index is 0.0876. The monoisotopic (exact) mass is 404 g/mol. The van der Waals surface area contributed by atoms with Crippen LogP contribution in [0.1, 0.15) is 31.1 Å². The predicted octanol–water partition coefficient (Wildman–Crippen LogP) is 3.66. The number of benzene rings is 2. The van der Waals surface area contributed by atoms with Gasteiger partial charge in [-0.05, 0) is 41.5 Å². The van der Waals surface area contributed by atoms with Gasteiger partial charge in [0.15, 0.2) is 23.0 Å². The number of aliphatic hydroxyl groups is 1. The fourth-order valence-electron chi connectivity index (χ4n) is 4.12. The average molecular weight is 404 g/mol. The van der Waals surface area contributed by atoms with Crippen LogP contribution in [-0.4, -0.2) is 43.8 Å². The second-order valence-corrected chi connectivity index (χ2v) is 7.41. The van der Waals surface area contributed by atoms with Crippen molar-refractivity contribution in [3.05, 3.63) is 23.3 Å². The van der Waals surface area contributed by atoms with Crippen molar-refractivity contribution < 1.29 is 34.3 Å². The Hall–Kier alpha value is -2.80. The number of ether oxygens (including phenoxy) is 4. The zero-order valence-electron chi connectivity index (χ0n) is 17.6. The van der Waals surface area contributed by atoms with Gasteiger partial charge in [0.05, 0.1) is 34.5 Å². The number of phenolic OH excluding ortho intramolecular Hbond substituents is 2. The number of methoxy groups -OCH3 is 4. The lowest BCUT2D eigenvalue weighted by Crippen LogP contribution is -2.22. The summed E-state index contributed by atoms with van der Waals surface area (Å²) in [5.41, 5.74) is 2.19. The maximum absolute atomic E-state index is 11.2. The second-order valence-electron chi connectivity index (χ2n) is 7.41. The fraction of sp³-hybridized carbons (Fsp3) is 0.455. The third kappa shape index (κ3) is 3.19. The summed E-state index contributed by atoms with van der Waals surface area (Å²) in [6.45, 7) is 4.00. The number of fused-ring (bicyclic) bond motifs is 3. The third-order valence-corrected chi connectivity index (χ3v) is 5.89. The molecular formula is C22H28O7. The highest BCUT2D eigenvalue weighted by atomic mass is 16.5. The van der Waals surface area contributed by atoms with Crippen molar-refractivity contribution in [3.8, 4) is 45.6 Å². The normalized spacial score (nSPS) is 20.7. The molecule has 1 aliphatic carbocycles. The van der Waals surface area contributed by atoms with E-state index in [-0.39, 0.29) is 40.6 Å². The Balaban J connectivity index is 2.52. The van der Waals surface area contributed by atoms with E-state index in [1.54, 1.807) is 0 Å². The van der Waals surface area contributed by atoms with Gasteiger partial charge in [0, 0.05) is 11.1 Å². The molecule has 7 nitrogen and oxygen atoms in total. The third-order valence-electron chi connectivity index (χ3n) is 5.89. The molecule has 0 aromatic heterocycles. The summed E-state index contributed by atoms with van der Waals surface area (Å²) in [6, 6.07) is 3.30. The number of aromatic hydroxyl groups is 2. The van der Waals surface area contributed by atoms with Crippen LogP contribution < -0.4 is 18.9 Å². The maximum Gasteiger partial charge on any atom is 0.203 e. The van der Waals surface area contributed by atoms with Gasteiger partial charge in [-0.3, -0.25) is 0 Å². The zero-order valence-corrected chi connectivity index (χ0v) is 17.6. The molecular weight excluding hydrogens is 376 g/mol. The van der Waals surface area contributed by atoms with Crippen LogP contribution in [0.3, 0.4) is 0 Å². The molecule has 0 fully saturated rings. The van der Waals surface area contributed by atoms with E-state index in [2.05, 4.69) is 0 Å². The molecule has 0 saturated carbocycles. The molecule has 2 aromatic carbocycles. The van der Waals surface area contributed by atoms with Crippen LogP contribution in [0, 0.1) is 11.8 Å². The predicted molar refractivity (Wildman–Crippen MR) is 108 cm³/mol. The average Bonchev–Trinajstić information content (AvgIpc) is 2.71. The van der Waals surface area contributed by atoms with Gasteiger partial charge < -0.3 is 34.3 Å². The van der Waals surface area contributed by atoms with E-state index in [9.17, 15) is 15.3 Å². The van der Waals surface area contributed by atoms with Gasteiger partial charge in [-0.2, -0.15) is 0 Å². The summed E-state index contributed by atoms with van der Waals surface area (Å²) in [5.74, 6) is 0.649. The van der Waals surface area contributed by atoms with E-state index in [4.69, 9.17) is 18.9 Å². The summed E-state index contributed by atoms with van der Waals surface area (Å²) in [5, 5.41) is 32.8. The summed E-state index contributed by atoms with van der Waals surface area (Å²) < 4.78 is 21.7. The molecule has 0 saturated heterocycles. The van der Waals surface area contributed by atoms with Crippen LogP contribution >= 0.6 is 0 Å². The zero-order chi connectivity index (χ0) is 21.5. The van der Waals surface area contributed by atoms with Gasteiger partial charge in [0.2, 0.25) is 11.5 Å². The van der Waals surface area contributed by atoms with E-state index < -0.39 is 6.10 Å². The van der Waals surface area contributed by atoms with Crippen molar-refractivity contribution >= 4 is 0 Å². The highest BCUT2D eigenvalue weighted by Crippen LogP contribution is 2.56. The van der Waals surface area contributed by atoms with Crippen LogP contribution in [0.4, 0.5) is 0 Å². The molecule has 1 aliphatic rings. The minimum atomic E-state index is -0.883. The van der Waals surface area contributed by atoms with Crippen molar-refractivity contribution in [3.63, 3.8) is 0 Å². The van der Waals surface area contributed by atoms with E-state index in [0.717, 1.165) is 5.56 Å². The Kier molecular flexibility index (Phi) is 5.71. The first-order valence-corrected chi connectivity index (χ1v) is 9.43. The van der Waals surface area contributed by atoms with E-state index in [1.807, 2.05) is 19.9 Å². The summed E-state index contributed by atoms with van der Waals surface area (Å²) >= 11 is 0. The molecule has 3 N–H and O–H groups in total. The van der Waals surface area contributed by atoms with Gasteiger partial charge in [0.25, 0.3) is 0 Å². The Morgan fingerprint density at radius 1 is 0.828 bits per heavy atom. The van der Waals surface area contributed by atoms with Crippen LogP contribution in [-0.2, 0) is 6.42 Å². The topological polar surface area (TPSA) is 97.6 Å². The molecule has 3 atom stereocenters. The maximum atomic E-state index is 11.2. The van der Waals surface area contributed by atoms with Crippen LogP contribution in [0.25, 0.3) is 11.1 Å². The Morgan fingerprint density at radius 2 is 1.45 bits per heavy atom. The lowest BCUT2D eigenvalue weighted by atomic mass is 9.76. The number of rotatable bonds is 4. The first-order valence-electron chi connectivity index (χ1n) is 9.43. The molecule has 3 unspecified atom stereocenters. The smallest absolute Gasteiger partial charge is 0.203 e. The molecule has 0 bridgehead atoms. The van der Waals surface area contributed by atoms with Crippen molar-refractivity contribution in [2.24, 2.45) is 11.8 Å². The molecule has 29 heavy (non-hydrogen) atoms. The summed E-state index contributed by atoms with van der Waals surface area (Å²) in [4.78, 5) is 0. The van der Waals surface area contributed by atoms with E-state index in [0.29, 0.717) is 28.9 Å². The first kappa shape index (κ1) is 20.9. The quantitative estimate of drug-likeness (QED) is 0.715. The van der Waals surface area contributed by atoms with E-state index >= 15 is 0 Å². The lowest BCUT2D eigenvalue weighted by molar-refractivity contribution is 0.0862. The molecule has 158 valence electrons. The number of hydrogen-bond acceptors (Lipinski definition) is 7. The Bertz CT molecular complexity index is 922. The van der Waals surface area contributed by atoms with Crippen LogP contribution in [0.15, 0.2) is 12.1 Å². The Labute approximate surface area is 170 Å². The molecule has 2 aromatic rings. The fourth-order valence-corrected chi connectivity index (χ4v) is 4.12. The van der Waals surface area contributed by atoms with Crippen molar-refractivity contribution in [1.29, 1.82) is 0 Å². The number of hydrogen-bond donors (Lipinski definition) is 3. The molecule has 0 amide bonds. The molecule has 3 rings (SSSR count).